The lowest BCUT2D eigenvalue weighted by atomic mass is 10.1. The molecule has 5 nitrogen and oxygen atoms in total. The minimum absolute atomic E-state index is 0.0168. The van der Waals surface area contributed by atoms with Gasteiger partial charge >= 0.3 is 0 Å². The van der Waals surface area contributed by atoms with E-state index in [1.165, 1.54) is 34.2 Å². The van der Waals surface area contributed by atoms with Crippen LogP contribution in [0.3, 0.4) is 0 Å². The van der Waals surface area contributed by atoms with Gasteiger partial charge in [-0.3, -0.25) is 4.79 Å². The van der Waals surface area contributed by atoms with Gasteiger partial charge in [0.25, 0.3) is 0 Å². The highest BCUT2D eigenvalue weighted by Crippen LogP contribution is 2.30. The third-order valence-corrected chi connectivity index (χ3v) is 4.96. The second kappa shape index (κ2) is 7.42. The number of nitrogens with one attached hydrogen (secondary N) is 2. The van der Waals surface area contributed by atoms with E-state index in [1.54, 1.807) is 7.05 Å². The van der Waals surface area contributed by atoms with Crippen molar-refractivity contribution in [3.05, 3.63) is 29.3 Å². The first kappa shape index (κ1) is 15.8. The molecule has 2 aromatic rings. The molecule has 0 bridgehead atoms. The molecule has 0 radical (unpaired) electrons. The predicted molar refractivity (Wildman–Crippen MR) is 88.5 cm³/mol. The van der Waals surface area contributed by atoms with E-state index in [1.807, 2.05) is 0 Å². The molecule has 1 aromatic carbocycles. The smallest absolute Gasteiger partial charge is 0.230 e. The number of hydrogen-bond donors (Lipinski definition) is 2. The summed E-state index contributed by atoms with van der Waals surface area (Å²) in [5, 5.41) is 14.9. The van der Waals surface area contributed by atoms with Crippen LogP contribution in [-0.4, -0.2) is 28.9 Å². The van der Waals surface area contributed by atoms with Crippen LogP contribution in [0.2, 0.25) is 0 Å². The number of aromatic nitrogens is 2. The van der Waals surface area contributed by atoms with E-state index in [4.69, 9.17) is 0 Å². The Morgan fingerprint density at radius 1 is 1.38 bits per heavy atom. The fraction of sp³-hybridized carbons (Fsp3) is 0.357. The van der Waals surface area contributed by atoms with E-state index in [2.05, 4.69) is 52.9 Å². The number of carbonyl (C=O) groups excluding carboxylic acids is 1. The Labute approximate surface area is 132 Å². The zero-order valence-electron chi connectivity index (χ0n) is 12.3. The number of aryl methyl sites for hydroxylation is 2. The van der Waals surface area contributed by atoms with Gasteiger partial charge in [-0.25, -0.2) is 0 Å². The van der Waals surface area contributed by atoms with Gasteiger partial charge in [0.15, 0.2) is 4.34 Å². The summed E-state index contributed by atoms with van der Waals surface area (Å²) in [4.78, 5) is 11.2. The summed E-state index contributed by atoms with van der Waals surface area (Å²) in [7, 11) is 1.63. The fourth-order valence-corrected chi connectivity index (χ4v) is 3.46. The van der Waals surface area contributed by atoms with Gasteiger partial charge in [-0.2, -0.15) is 0 Å². The van der Waals surface area contributed by atoms with Crippen LogP contribution in [0.25, 0.3) is 0 Å². The van der Waals surface area contributed by atoms with E-state index in [9.17, 15) is 4.79 Å². The molecule has 0 aliphatic carbocycles. The quantitative estimate of drug-likeness (QED) is 0.800. The topological polar surface area (TPSA) is 66.9 Å². The lowest BCUT2D eigenvalue weighted by molar-refractivity contribution is -0.118. The number of anilines is 2. The van der Waals surface area contributed by atoms with Gasteiger partial charge in [0.2, 0.25) is 11.0 Å². The average molecular weight is 322 g/mol. The van der Waals surface area contributed by atoms with Crippen LogP contribution < -0.4 is 10.6 Å². The summed E-state index contributed by atoms with van der Waals surface area (Å²) >= 11 is 2.85. The average Bonchev–Trinajstić information content (AvgIpc) is 2.94. The van der Waals surface area contributed by atoms with Crippen molar-refractivity contribution in [1.29, 1.82) is 0 Å². The van der Waals surface area contributed by atoms with Crippen molar-refractivity contribution in [2.24, 2.45) is 0 Å². The largest absolute Gasteiger partial charge is 0.358 e. The summed E-state index contributed by atoms with van der Waals surface area (Å²) in [5.74, 6) is 0.340. The second-order valence-corrected chi connectivity index (χ2v) is 6.62. The van der Waals surface area contributed by atoms with Crippen molar-refractivity contribution in [1.82, 2.24) is 15.5 Å². The summed E-state index contributed by atoms with van der Waals surface area (Å²) in [6.07, 6.45) is 0.959. The summed E-state index contributed by atoms with van der Waals surface area (Å²) < 4.78 is 0.785. The monoisotopic (exact) mass is 322 g/mol. The van der Waals surface area contributed by atoms with Crippen LogP contribution >= 0.6 is 23.1 Å². The zero-order chi connectivity index (χ0) is 15.2. The highest BCUT2D eigenvalue weighted by molar-refractivity contribution is 8.01. The first-order valence-corrected chi connectivity index (χ1v) is 8.46. The Balaban J connectivity index is 2.07. The van der Waals surface area contributed by atoms with Gasteiger partial charge in [0.05, 0.1) is 5.75 Å². The van der Waals surface area contributed by atoms with Crippen LogP contribution in [-0.2, 0) is 11.2 Å². The lowest BCUT2D eigenvalue weighted by Gasteiger charge is -2.11. The minimum Gasteiger partial charge on any atom is -0.358 e. The Bertz CT molecular complexity index is 627. The van der Waals surface area contributed by atoms with Crippen LogP contribution in [0.15, 0.2) is 22.5 Å². The molecule has 0 unspecified atom stereocenters. The zero-order valence-corrected chi connectivity index (χ0v) is 13.9. The highest BCUT2D eigenvalue weighted by Gasteiger charge is 2.10. The number of amides is 1. The lowest BCUT2D eigenvalue weighted by Crippen LogP contribution is -2.19. The minimum atomic E-state index is -0.0168. The number of para-hydroxylation sites is 1. The predicted octanol–water partition coefficient (Wildman–Crippen LogP) is 2.99. The number of rotatable bonds is 6. The Morgan fingerprint density at radius 2 is 2.19 bits per heavy atom. The molecule has 112 valence electrons. The van der Waals surface area contributed by atoms with Gasteiger partial charge in [-0.15, -0.1) is 10.2 Å². The number of hydrogen-bond acceptors (Lipinski definition) is 6. The molecule has 0 aliphatic rings. The van der Waals surface area contributed by atoms with Crippen LogP contribution in [0, 0.1) is 6.92 Å². The normalized spacial score (nSPS) is 10.4. The van der Waals surface area contributed by atoms with Crippen LogP contribution in [0.5, 0.6) is 0 Å². The molecule has 0 saturated heterocycles. The third kappa shape index (κ3) is 4.18. The molecule has 2 N–H and O–H groups in total. The first-order chi connectivity index (χ1) is 10.1. The number of benzene rings is 1. The van der Waals surface area contributed by atoms with E-state index >= 15 is 0 Å². The SMILES string of the molecule is CCc1cccc(C)c1Nc1nnc(SCC(=O)NC)s1. The number of thioether (sulfide) groups is 1. The molecule has 0 saturated carbocycles. The molecule has 2 rings (SSSR count). The van der Waals surface area contributed by atoms with Crippen molar-refractivity contribution >= 4 is 39.8 Å². The van der Waals surface area contributed by atoms with Crippen LogP contribution in [0.1, 0.15) is 18.1 Å². The fourth-order valence-electron chi connectivity index (χ4n) is 1.83. The maximum Gasteiger partial charge on any atom is 0.230 e. The van der Waals surface area contributed by atoms with Crippen molar-refractivity contribution in [3.63, 3.8) is 0 Å². The molecule has 0 spiro atoms. The number of carbonyl (C=O) groups is 1. The molecule has 0 aliphatic heterocycles. The molecule has 0 fully saturated rings. The highest BCUT2D eigenvalue weighted by atomic mass is 32.2. The Kier molecular flexibility index (Phi) is 5.58. The molecule has 7 heteroatoms. The van der Waals surface area contributed by atoms with Gasteiger partial charge < -0.3 is 10.6 Å². The van der Waals surface area contributed by atoms with Crippen molar-refractivity contribution in [2.45, 2.75) is 24.6 Å². The van der Waals surface area contributed by atoms with Gasteiger partial charge in [0.1, 0.15) is 0 Å². The molecule has 1 amide bonds. The van der Waals surface area contributed by atoms with E-state index in [-0.39, 0.29) is 5.91 Å². The van der Waals surface area contributed by atoms with Gasteiger partial charge in [0, 0.05) is 12.7 Å². The molecule has 21 heavy (non-hydrogen) atoms. The van der Waals surface area contributed by atoms with Gasteiger partial charge in [-0.05, 0) is 24.5 Å². The Hall–Kier alpha value is -1.60. The van der Waals surface area contributed by atoms with E-state index < -0.39 is 0 Å². The molecule has 1 aromatic heterocycles. The molecular weight excluding hydrogens is 304 g/mol. The van der Waals surface area contributed by atoms with Gasteiger partial charge in [-0.1, -0.05) is 48.2 Å². The van der Waals surface area contributed by atoms with Crippen molar-refractivity contribution in [2.75, 3.05) is 18.1 Å². The summed E-state index contributed by atoms with van der Waals surface area (Å²) in [6, 6.07) is 6.24. The standard InChI is InChI=1S/C14H18N4OS2/c1-4-10-7-5-6-9(2)12(10)16-13-17-18-14(21-13)20-8-11(19)15-3/h5-7H,4,8H2,1-3H3,(H,15,19)(H,16,17). The molecule has 1 heterocycles. The summed E-state index contributed by atoms with van der Waals surface area (Å²) in [6.45, 7) is 4.20. The molecule has 0 atom stereocenters. The second-order valence-electron chi connectivity index (χ2n) is 4.42. The maximum atomic E-state index is 11.2. The van der Waals surface area contributed by atoms with E-state index in [0.717, 1.165) is 21.6 Å². The third-order valence-electron chi connectivity index (χ3n) is 2.98. The van der Waals surface area contributed by atoms with Crippen molar-refractivity contribution < 1.29 is 4.79 Å². The van der Waals surface area contributed by atoms with E-state index in [0.29, 0.717) is 5.75 Å². The van der Waals surface area contributed by atoms with Crippen molar-refractivity contribution in [3.8, 4) is 0 Å². The maximum absolute atomic E-state index is 11.2. The summed E-state index contributed by atoms with van der Waals surface area (Å²) in [5.41, 5.74) is 3.54. The number of nitrogens with zero attached hydrogens (tertiary/aromatic N) is 2. The first-order valence-electron chi connectivity index (χ1n) is 6.66. The molecular formula is C14H18N4OS2. The Morgan fingerprint density at radius 3 is 2.90 bits per heavy atom. The van der Waals surface area contributed by atoms with Crippen LogP contribution in [0.4, 0.5) is 10.8 Å².